The van der Waals surface area contributed by atoms with E-state index in [0.29, 0.717) is 6.54 Å². The highest BCUT2D eigenvalue weighted by atomic mass is 32.2. The van der Waals surface area contributed by atoms with E-state index in [2.05, 4.69) is 10.3 Å². The summed E-state index contributed by atoms with van der Waals surface area (Å²) in [6.45, 7) is 0.608. The fourth-order valence-electron chi connectivity index (χ4n) is 1.30. The Balaban J connectivity index is 2.04. The molecule has 90 valence electrons. The summed E-state index contributed by atoms with van der Waals surface area (Å²) in [7, 11) is -3.23. The van der Waals surface area contributed by atoms with Crippen LogP contribution in [-0.2, 0) is 16.4 Å². The van der Waals surface area contributed by atoms with E-state index in [-0.39, 0.29) is 5.03 Å². The predicted octanol–water partition coefficient (Wildman–Crippen LogP) is 1.69. The maximum absolute atomic E-state index is 11.2. The van der Waals surface area contributed by atoms with Gasteiger partial charge < -0.3 is 9.73 Å². The third-order valence-corrected chi connectivity index (χ3v) is 3.19. The van der Waals surface area contributed by atoms with Crippen LogP contribution < -0.4 is 5.32 Å². The van der Waals surface area contributed by atoms with Gasteiger partial charge in [0.25, 0.3) is 0 Å². The van der Waals surface area contributed by atoms with Crippen molar-refractivity contribution in [1.29, 1.82) is 0 Å². The molecule has 0 aliphatic heterocycles. The molecule has 0 bridgehead atoms. The van der Waals surface area contributed by atoms with Crippen molar-refractivity contribution >= 4 is 15.5 Å². The number of nitrogens with one attached hydrogen (secondary N) is 1. The fraction of sp³-hybridized carbons (Fsp3) is 0.182. The van der Waals surface area contributed by atoms with Gasteiger partial charge in [0.1, 0.15) is 0 Å². The molecule has 0 aliphatic rings. The van der Waals surface area contributed by atoms with Crippen molar-refractivity contribution in [3.8, 4) is 0 Å². The third-order valence-electron chi connectivity index (χ3n) is 2.19. The number of nitrogens with zero attached hydrogens (tertiary/aromatic N) is 1. The first-order chi connectivity index (χ1) is 8.05. The Labute approximate surface area is 99.4 Å². The SMILES string of the molecule is CS(=O)(=O)c1ccc(NCc2ccoc2)cn1. The molecule has 0 unspecified atom stereocenters. The highest BCUT2D eigenvalue weighted by molar-refractivity contribution is 7.90. The zero-order chi connectivity index (χ0) is 12.3. The summed E-state index contributed by atoms with van der Waals surface area (Å²) >= 11 is 0. The van der Waals surface area contributed by atoms with Gasteiger partial charge in [0.15, 0.2) is 14.9 Å². The predicted molar refractivity (Wildman–Crippen MR) is 63.4 cm³/mol. The van der Waals surface area contributed by atoms with Gasteiger partial charge in [0.05, 0.1) is 24.4 Å². The van der Waals surface area contributed by atoms with Crippen molar-refractivity contribution in [2.45, 2.75) is 11.6 Å². The Kier molecular flexibility index (Phi) is 3.14. The van der Waals surface area contributed by atoms with E-state index in [4.69, 9.17) is 4.42 Å². The van der Waals surface area contributed by atoms with E-state index in [9.17, 15) is 8.42 Å². The number of pyridine rings is 1. The molecule has 0 aliphatic carbocycles. The average molecular weight is 252 g/mol. The molecule has 0 saturated heterocycles. The van der Waals surface area contributed by atoms with Crippen molar-refractivity contribution in [3.63, 3.8) is 0 Å². The summed E-state index contributed by atoms with van der Waals surface area (Å²) in [5.41, 5.74) is 1.77. The molecule has 2 aromatic heterocycles. The topological polar surface area (TPSA) is 72.2 Å². The first-order valence-electron chi connectivity index (χ1n) is 4.97. The van der Waals surface area contributed by atoms with E-state index < -0.39 is 9.84 Å². The molecular weight excluding hydrogens is 240 g/mol. The van der Waals surface area contributed by atoms with Gasteiger partial charge in [-0.05, 0) is 18.2 Å². The molecule has 6 heteroatoms. The zero-order valence-corrected chi connectivity index (χ0v) is 10.1. The van der Waals surface area contributed by atoms with Gasteiger partial charge in [-0.3, -0.25) is 0 Å². The Bertz CT molecular complexity index is 574. The number of aromatic nitrogens is 1. The van der Waals surface area contributed by atoms with Gasteiger partial charge >= 0.3 is 0 Å². The maximum atomic E-state index is 11.2. The van der Waals surface area contributed by atoms with E-state index in [0.717, 1.165) is 17.5 Å². The lowest BCUT2D eigenvalue weighted by molar-refractivity contribution is 0.564. The lowest BCUT2D eigenvalue weighted by Gasteiger charge is -2.04. The average Bonchev–Trinajstić information content (AvgIpc) is 2.78. The summed E-state index contributed by atoms with van der Waals surface area (Å²) < 4.78 is 27.3. The number of rotatable bonds is 4. The van der Waals surface area contributed by atoms with Crippen LogP contribution in [0.5, 0.6) is 0 Å². The van der Waals surface area contributed by atoms with Crippen LogP contribution >= 0.6 is 0 Å². The van der Waals surface area contributed by atoms with Crippen LogP contribution in [0.2, 0.25) is 0 Å². The maximum Gasteiger partial charge on any atom is 0.192 e. The van der Waals surface area contributed by atoms with Crippen LogP contribution in [0.4, 0.5) is 5.69 Å². The van der Waals surface area contributed by atoms with Gasteiger partial charge in [0, 0.05) is 18.4 Å². The molecule has 5 nitrogen and oxygen atoms in total. The molecule has 2 heterocycles. The second-order valence-electron chi connectivity index (χ2n) is 3.64. The van der Waals surface area contributed by atoms with E-state index >= 15 is 0 Å². The standard InChI is InChI=1S/C11H12N2O3S/c1-17(14,15)11-3-2-10(7-13-11)12-6-9-4-5-16-8-9/h2-5,7-8,12H,6H2,1H3. The van der Waals surface area contributed by atoms with E-state index in [1.165, 1.54) is 12.3 Å². The summed E-state index contributed by atoms with van der Waals surface area (Å²) in [5, 5.41) is 3.18. The van der Waals surface area contributed by atoms with Gasteiger partial charge in [-0.2, -0.15) is 0 Å². The Morgan fingerprint density at radius 1 is 1.35 bits per heavy atom. The van der Waals surface area contributed by atoms with Crippen molar-refractivity contribution in [2.24, 2.45) is 0 Å². The lowest BCUT2D eigenvalue weighted by Crippen LogP contribution is -2.02. The quantitative estimate of drug-likeness (QED) is 0.896. The molecule has 0 aromatic carbocycles. The molecular formula is C11H12N2O3S. The number of anilines is 1. The molecule has 2 aromatic rings. The van der Waals surface area contributed by atoms with Crippen molar-refractivity contribution in [2.75, 3.05) is 11.6 Å². The normalized spacial score (nSPS) is 11.4. The second-order valence-corrected chi connectivity index (χ2v) is 5.61. The smallest absolute Gasteiger partial charge is 0.192 e. The highest BCUT2D eigenvalue weighted by Crippen LogP contribution is 2.11. The molecule has 0 amide bonds. The van der Waals surface area contributed by atoms with Crippen molar-refractivity contribution in [1.82, 2.24) is 4.98 Å². The Morgan fingerprint density at radius 3 is 2.71 bits per heavy atom. The van der Waals surface area contributed by atoms with Crippen LogP contribution in [-0.4, -0.2) is 19.7 Å². The fourth-order valence-corrected chi connectivity index (χ4v) is 1.86. The Morgan fingerprint density at radius 2 is 2.18 bits per heavy atom. The minimum absolute atomic E-state index is 0.0753. The summed E-state index contributed by atoms with van der Waals surface area (Å²) in [6.07, 6.45) is 5.87. The summed E-state index contributed by atoms with van der Waals surface area (Å²) in [6, 6.07) is 5.02. The van der Waals surface area contributed by atoms with Crippen LogP contribution in [0.25, 0.3) is 0 Å². The zero-order valence-electron chi connectivity index (χ0n) is 9.25. The van der Waals surface area contributed by atoms with Crippen LogP contribution in [0.15, 0.2) is 46.4 Å². The first-order valence-corrected chi connectivity index (χ1v) is 6.86. The molecule has 17 heavy (non-hydrogen) atoms. The number of hydrogen-bond donors (Lipinski definition) is 1. The number of sulfone groups is 1. The van der Waals surface area contributed by atoms with Crippen LogP contribution in [0.1, 0.15) is 5.56 Å². The number of hydrogen-bond acceptors (Lipinski definition) is 5. The Hall–Kier alpha value is -1.82. The lowest BCUT2D eigenvalue weighted by atomic mass is 10.3. The first kappa shape index (κ1) is 11.7. The van der Waals surface area contributed by atoms with Crippen molar-refractivity contribution < 1.29 is 12.8 Å². The minimum Gasteiger partial charge on any atom is -0.472 e. The highest BCUT2D eigenvalue weighted by Gasteiger charge is 2.07. The van der Waals surface area contributed by atoms with Gasteiger partial charge in [-0.15, -0.1) is 0 Å². The van der Waals surface area contributed by atoms with E-state index in [1.807, 2.05) is 6.07 Å². The second kappa shape index (κ2) is 4.58. The minimum atomic E-state index is -3.23. The van der Waals surface area contributed by atoms with Gasteiger partial charge in [-0.1, -0.05) is 0 Å². The largest absolute Gasteiger partial charge is 0.472 e. The molecule has 0 spiro atoms. The molecule has 0 atom stereocenters. The molecule has 2 rings (SSSR count). The number of furan rings is 1. The molecule has 0 fully saturated rings. The monoisotopic (exact) mass is 252 g/mol. The van der Waals surface area contributed by atoms with Gasteiger partial charge in [0.2, 0.25) is 0 Å². The van der Waals surface area contributed by atoms with Crippen molar-refractivity contribution in [3.05, 3.63) is 42.5 Å². The molecule has 1 N–H and O–H groups in total. The van der Waals surface area contributed by atoms with E-state index in [1.54, 1.807) is 18.6 Å². The summed E-state index contributed by atoms with van der Waals surface area (Å²) in [4.78, 5) is 3.88. The third kappa shape index (κ3) is 3.07. The van der Waals surface area contributed by atoms with Crippen LogP contribution in [0, 0.1) is 0 Å². The molecule has 0 radical (unpaired) electrons. The molecule has 0 saturated carbocycles. The van der Waals surface area contributed by atoms with Crippen LogP contribution in [0.3, 0.4) is 0 Å². The van der Waals surface area contributed by atoms with Gasteiger partial charge in [-0.25, -0.2) is 13.4 Å². The summed E-state index contributed by atoms with van der Waals surface area (Å²) in [5.74, 6) is 0.